The summed E-state index contributed by atoms with van der Waals surface area (Å²) in [6.45, 7) is 2.28. The van der Waals surface area contributed by atoms with Crippen molar-refractivity contribution < 1.29 is 19.0 Å². The predicted octanol–water partition coefficient (Wildman–Crippen LogP) is 2.66. The second-order valence-electron chi connectivity index (χ2n) is 5.01. The van der Waals surface area contributed by atoms with Crippen LogP contribution in [0.25, 0.3) is 0 Å². The Kier molecular flexibility index (Phi) is 7.73. The van der Waals surface area contributed by atoms with Crippen LogP contribution in [0.1, 0.15) is 16.8 Å². The van der Waals surface area contributed by atoms with Crippen molar-refractivity contribution in [2.75, 3.05) is 33.5 Å². The van der Waals surface area contributed by atoms with E-state index in [1.165, 1.54) is 6.20 Å². The summed E-state index contributed by atoms with van der Waals surface area (Å²) in [7, 11) is 1.63. The Balaban J connectivity index is 1.71. The molecule has 0 aliphatic rings. The van der Waals surface area contributed by atoms with E-state index in [4.69, 9.17) is 14.2 Å². The van der Waals surface area contributed by atoms with Gasteiger partial charge in [-0.2, -0.15) is 0 Å². The molecule has 0 bridgehead atoms. The van der Waals surface area contributed by atoms with Gasteiger partial charge >= 0.3 is 0 Å². The van der Waals surface area contributed by atoms with Crippen molar-refractivity contribution in [3.63, 3.8) is 0 Å². The standard InChI is InChI=1S/C18H22N2O4/c1-22-12-13-23-11-5-10-19-18(21)15-8-9-17(20-14-15)24-16-6-3-2-4-7-16/h2-4,6-9,14H,5,10-13H2,1H3,(H,19,21). The van der Waals surface area contributed by atoms with E-state index < -0.39 is 0 Å². The summed E-state index contributed by atoms with van der Waals surface area (Å²) < 4.78 is 15.8. The number of hydrogen-bond donors (Lipinski definition) is 1. The smallest absolute Gasteiger partial charge is 0.252 e. The molecule has 0 spiro atoms. The van der Waals surface area contributed by atoms with Gasteiger partial charge in [0.05, 0.1) is 18.8 Å². The highest BCUT2D eigenvalue weighted by Crippen LogP contribution is 2.18. The summed E-state index contributed by atoms with van der Waals surface area (Å²) in [6, 6.07) is 12.7. The van der Waals surface area contributed by atoms with Crippen molar-refractivity contribution >= 4 is 5.91 Å². The Morgan fingerprint density at radius 3 is 2.62 bits per heavy atom. The largest absolute Gasteiger partial charge is 0.439 e. The van der Waals surface area contributed by atoms with Gasteiger partial charge in [0.15, 0.2) is 0 Å². The third-order valence-electron chi connectivity index (χ3n) is 3.15. The van der Waals surface area contributed by atoms with Crippen molar-refractivity contribution in [1.82, 2.24) is 10.3 Å². The first-order valence-electron chi connectivity index (χ1n) is 7.83. The minimum Gasteiger partial charge on any atom is -0.439 e. The Labute approximate surface area is 141 Å². The molecule has 0 aliphatic heterocycles. The lowest BCUT2D eigenvalue weighted by molar-refractivity contribution is 0.0688. The maximum atomic E-state index is 12.0. The zero-order chi connectivity index (χ0) is 17.0. The van der Waals surface area contributed by atoms with Crippen LogP contribution >= 0.6 is 0 Å². The quantitative estimate of drug-likeness (QED) is 0.678. The van der Waals surface area contributed by atoms with E-state index in [1.54, 1.807) is 19.2 Å². The van der Waals surface area contributed by atoms with Crippen LogP contribution in [0, 0.1) is 0 Å². The van der Waals surface area contributed by atoms with Gasteiger partial charge in [0.25, 0.3) is 5.91 Å². The first-order chi connectivity index (χ1) is 11.8. The summed E-state index contributed by atoms with van der Waals surface area (Å²) in [5.74, 6) is 0.991. The van der Waals surface area contributed by atoms with Gasteiger partial charge in [0, 0.05) is 32.5 Å². The minimum atomic E-state index is -0.161. The van der Waals surface area contributed by atoms with E-state index in [-0.39, 0.29) is 5.91 Å². The number of methoxy groups -OCH3 is 1. The van der Waals surface area contributed by atoms with Crippen molar-refractivity contribution in [2.45, 2.75) is 6.42 Å². The number of carbonyl (C=O) groups excluding carboxylic acids is 1. The average molecular weight is 330 g/mol. The van der Waals surface area contributed by atoms with Crippen molar-refractivity contribution in [2.24, 2.45) is 0 Å². The van der Waals surface area contributed by atoms with Gasteiger partial charge in [-0.25, -0.2) is 4.98 Å². The van der Waals surface area contributed by atoms with Gasteiger partial charge in [0.2, 0.25) is 5.88 Å². The fraction of sp³-hybridized carbons (Fsp3) is 0.333. The molecule has 0 atom stereocenters. The first-order valence-corrected chi connectivity index (χ1v) is 7.83. The molecule has 1 amide bonds. The third-order valence-corrected chi connectivity index (χ3v) is 3.15. The van der Waals surface area contributed by atoms with E-state index in [0.717, 1.165) is 6.42 Å². The van der Waals surface area contributed by atoms with Crippen LogP contribution in [-0.2, 0) is 9.47 Å². The van der Waals surface area contributed by atoms with Gasteiger partial charge < -0.3 is 19.5 Å². The van der Waals surface area contributed by atoms with Crippen molar-refractivity contribution in [1.29, 1.82) is 0 Å². The molecule has 6 nitrogen and oxygen atoms in total. The van der Waals surface area contributed by atoms with Crippen molar-refractivity contribution in [3.8, 4) is 11.6 Å². The fourth-order valence-corrected chi connectivity index (χ4v) is 1.91. The summed E-state index contributed by atoms with van der Waals surface area (Å²) in [6.07, 6.45) is 2.25. The van der Waals surface area contributed by atoms with Crippen molar-refractivity contribution in [3.05, 3.63) is 54.2 Å². The molecule has 2 aromatic rings. The van der Waals surface area contributed by atoms with Gasteiger partial charge in [-0.1, -0.05) is 18.2 Å². The highest BCUT2D eigenvalue weighted by Gasteiger charge is 2.06. The molecule has 24 heavy (non-hydrogen) atoms. The molecule has 1 aromatic carbocycles. The summed E-state index contributed by atoms with van der Waals surface area (Å²) in [5, 5.41) is 2.83. The van der Waals surface area contributed by atoms with Crippen LogP contribution in [0.15, 0.2) is 48.7 Å². The lowest BCUT2D eigenvalue weighted by Crippen LogP contribution is -2.25. The third kappa shape index (κ3) is 6.36. The molecule has 2 rings (SSSR count). The molecule has 0 radical (unpaired) electrons. The van der Waals surface area contributed by atoms with E-state index in [2.05, 4.69) is 10.3 Å². The van der Waals surface area contributed by atoms with Crippen LogP contribution in [0.3, 0.4) is 0 Å². The number of nitrogens with zero attached hydrogens (tertiary/aromatic N) is 1. The van der Waals surface area contributed by atoms with Gasteiger partial charge in [-0.15, -0.1) is 0 Å². The molecule has 0 fully saturated rings. The molecule has 6 heteroatoms. The summed E-state index contributed by atoms with van der Waals surface area (Å²) in [5.41, 5.74) is 0.496. The maximum Gasteiger partial charge on any atom is 0.252 e. The Hall–Kier alpha value is -2.44. The lowest BCUT2D eigenvalue weighted by atomic mass is 10.2. The molecule has 0 saturated heterocycles. The van der Waals surface area contributed by atoms with Gasteiger partial charge in [-0.3, -0.25) is 4.79 Å². The summed E-state index contributed by atoms with van der Waals surface area (Å²) in [4.78, 5) is 16.1. The summed E-state index contributed by atoms with van der Waals surface area (Å²) >= 11 is 0. The number of para-hydroxylation sites is 1. The SMILES string of the molecule is COCCOCCCNC(=O)c1ccc(Oc2ccccc2)nc1. The molecule has 0 aliphatic carbocycles. The molecule has 1 N–H and O–H groups in total. The predicted molar refractivity (Wildman–Crippen MR) is 90.4 cm³/mol. The normalized spacial score (nSPS) is 10.4. The van der Waals surface area contributed by atoms with E-state index in [9.17, 15) is 4.79 Å². The monoisotopic (exact) mass is 330 g/mol. The molecular formula is C18H22N2O4. The van der Waals surface area contributed by atoms with E-state index in [1.807, 2.05) is 30.3 Å². The molecule has 1 aromatic heterocycles. The molecule has 0 unspecified atom stereocenters. The zero-order valence-corrected chi connectivity index (χ0v) is 13.7. The van der Waals surface area contributed by atoms with E-state index >= 15 is 0 Å². The van der Waals surface area contributed by atoms with Crippen LogP contribution in [-0.4, -0.2) is 44.4 Å². The molecule has 0 saturated carbocycles. The van der Waals surface area contributed by atoms with Crippen LogP contribution in [0.4, 0.5) is 0 Å². The van der Waals surface area contributed by atoms with E-state index in [0.29, 0.717) is 43.6 Å². The Morgan fingerprint density at radius 2 is 1.92 bits per heavy atom. The second kappa shape index (κ2) is 10.4. The van der Waals surface area contributed by atoms with Gasteiger partial charge in [0.1, 0.15) is 5.75 Å². The first kappa shape index (κ1) is 17.9. The topological polar surface area (TPSA) is 69.7 Å². The van der Waals surface area contributed by atoms with Gasteiger partial charge in [-0.05, 0) is 24.6 Å². The highest BCUT2D eigenvalue weighted by molar-refractivity contribution is 5.93. The highest BCUT2D eigenvalue weighted by atomic mass is 16.5. The Morgan fingerprint density at radius 1 is 1.08 bits per heavy atom. The molecular weight excluding hydrogens is 308 g/mol. The van der Waals surface area contributed by atoms with Crippen LogP contribution in [0.5, 0.6) is 11.6 Å². The number of amides is 1. The molecule has 128 valence electrons. The number of ether oxygens (including phenoxy) is 3. The number of rotatable bonds is 10. The van der Waals surface area contributed by atoms with Crippen LogP contribution in [0.2, 0.25) is 0 Å². The average Bonchev–Trinajstić information content (AvgIpc) is 2.62. The maximum absolute atomic E-state index is 12.0. The van der Waals surface area contributed by atoms with Crippen LogP contribution < -0.4 is 10.1 Å². The number of carbonyl (C=O) groups is 1. The molecule has 1 heterocycles. The number of aromatic nitrogens is 1. The Bertz CT molecular complexity index is 602. The number of hydrogen-bond acceptors (Lipinski definition) is 5. The number of benzene rings is 1. The minimum absolute atomic E-state index is 0.161. The zero-order valence-electron chi connectivity index (χ0n) is 13.7. The number of nitrogens with one attached hydrogen (secondary N) is 1. The fourth-order valence-electron chi connectivity index (χ4n) is 1.91. The number of pyridine rings is 1. The lowest BCUT2D eigenvalue weighted by Gasteiger charge is -2.07. The second-order valence-corrected chi connectivity index (χ2v) is 5.01.